The number of benzene rings is 1. The summed E-state index contributed by atoms with van der Waals surface area (Å²) in [6.07, 6.45) is 0. The van der Waals surface area contributed by atoms with Gasteiger partial charge in [0.25, 0.3) is 0 Å². The van der Waals surface area contributed by atoms with Gasteiger partial charge in [0.15, 0.2) is 0 Å². The standard InChI is InChI=1S/C10H11F2NO2.ClH/c1-6-2-4-7(5-3-6)8(13)10(11,12)9(14)15;/h2-5,8H,13H2,1H3,(H,14,15);1H/t8-;/m0./s1. The van der Waals surface area contributed by atoms with Crippen molar-refractivity contribution in [2.24, 2.45) is 5.73 Å². The van der Waals surface area contributed by atoms with Crippen molar-refractivity contribution in [3.63, 3.8) is 0 Å². The molecule has 3 N–H and O–H groups in total. The van der Waals surface area contributed by atoms with E-state index in [1.165, 1.54) is 12.1 Å². The number of hydrogen-bond acceptors (Lipinski definition) is 2. The van der Waals surface area contributed by atoms with E-state index in [9.17, 15) is 13.6 Å². The fourth-order valence-corrected chi connectivity index (χ4v) is 1.12. The quantitative estimate of drug-likeness (QED) is 0.865. The number of carbonyl (C=O) groups is 1. The molecule has 1 aromatic rings. The summed E-state index contributed by atoms with van der Waals surface area (Å²) in [4.78, 5) is 10.3. The highest BCUT2D eigenvalue weighted by Gasteiger charge is 2.46. The van der Waals surface area contributed by atoms with Gasteiger partial charge < -0.3 is 10.8 Å². The maximum atomic E-state index is 13.0. The minimum atomic E-state index is -3.95. The molecular formula is C10H12ClF2NO2. The lowest BCUT2D eigenvalue weighted by molar-refractivity contribution is -0.168. The van der Waals surface area contributed by atoms with Gasteiger partial charge in [-0.25, -0.2) is 4.79 Å². The van der Waals surface area contributed by atoms with E-state index in [0.717, 1.165) is 5.56 Å². The van der Waals surface area contributed by atoms with Crippen LogP contribution in [0.3, 0.4) is 0 Å². The van der Waals surface area contributed by atoms with Crippen molar-refractivity contribution in [2.75, 3.05) is 0 Å². The van der Waals surface area contributed by atoms with Crippen molar-refractivity contribution >= 4 is 18.4 Å². The zero-order valence-electron chi connectivity index (χ0n) is 8.48. The summed E-state index contributed by atoms with van der Waals surface area (Å²) in [5, 5.41) is 8.30. The Morgan fingerprint density at radius 1 is 1.38 bits per heavy atom. The normalized spacial score (nSPS) is 12.8. The summed E-state index contributed by atoms with van der Waals surface area (Å²) in [6.45, 7) is 1.80. The third-order valence-electron chi connectivity index (χ3n) is 2.11. The summed E-state index contributed by atoms with van der Waals surface area (Å²) >= 11 is 0. The first-order valence-electron chi connectivity index (χ1n) is 4.29. The zero-order valence-corrected chi connectivity index (χ0v) is 9.30. The van der Waals surface area contributed by atoms with Crippen molar-refractivity contribution in [1.29, 1.82) is 0 Å². The molecule has 1 rings (SSSR count). The van der Waals surface area contributed by atoms with Crippen LogP contribution in [0.4, 0.5) is 8.78 Å². The van der Waals surface area contributed by atoms with E-state index < -0.39 is 17.9 Å². The lowest BCUT2D eigenvalue weighted by Crippen LogP contribution is -2.40. The van der Waals surface area contributed by atoms with E-state index in [0.29, 0.717) is 0 Å². The molecule has 0 radical (unpaired) electrons. The smallest absolute Gasteiger partial charge is 0.376 e. The van der Waals surface area contributed by atoms with Crippen LogP contribution in [-0.2, 0) is 4.79 Å². The van der Waals surface area contributed by atoms with E-state index in [2.05, 4.69) is 0 Å². The zero-order chi connectivity index (χ0) is 11.6. The molecule has 0 aromatic heterocycles. The third kappa shape index (κ3) is 2.90. The fourth-order valence-electron chi connectivity index (χ4n) is 1.12. The maximum Gasteiger partial charge on any atom is 0.376 e. The number of alkyl halides is 2. The van der Waals surface area contributed by atoms with Gasteiger partial charge >= 0.3 is 11.9 Å². The van der Waals surface area contributed by atoms with Crippen molar-refractivity contribution in [1.82, 2.24) is 0 Å². The van der Waals surface area contributed by atoms with Crippen molar-refractivity contribution in [3.05, 3.63) is 35.4 Å². The number of rotatable bonds is 3. The summed E-state index contributed by atoms with van der Waals surface area (Å²) < 4.78 is 26.0. The van der Waals surface area contributed by atoms with Crippen molar-refractivity contribution < 1.29 is 18.7 Å². The van der Waals surface area contributed by atoms with E-state index in [1.807, 2.05) is 0 Å². The van der Waals surface area contributed by atoms with E-state index in [4.69, 9.17) is 10.8 Å². The van der Waals surface area contributed by atoms with Crippen LogP contribution in [-0.4, -0.2) is 17.0 Å². The Balaban J connectivity index is 0.00000225. The van der Waals surface area contributed by atoms with E-state index in [-0.39, 0.29) is 18.0 Å². The first-order chi connectivity index (χ1) is 6.85. The SMILES string of the molecule is Cc1ccc([C@H](N)C(F)(F)C(=O)O)cc1.Cl. The third-order valence-corrected chi connectivity index (χ3v) is 2.11. The fraction of sp³-hybridized carbons (Fsp3) is 0.300. The van der Waals surface area contributed by atoms with Crippen LogP contribution in [0.5, 0.6) is 0 Å². The molecule has 90 valence electrons. The molecule has 6 heteroatoms. The molecular weight excluding hydrogens is 240 g/mol. The Morgan fingerprint density at radius 3 is 2.19 bits per heavy atom. The minimum Gasteiger partial charge on any atom is -0.477 e. The summed E-state index contributed by atoms with van der Waals surface area (Å²) in [6, 6.07) is 4.18. The molecule has 0 amide bonds. The Labute approximate surface area is 97.7 Å². The maximum absolute atomic E-state index is 13.0. The number of hydrogen-bond donors (Lipinski definition) is 2. The summed E-state index contributed by atoms with van der Waals surface area (Å²) in [7, 11) is 0. The van der Waals surface area contributed by atoms with Crippen LogP contribution in [0.15, 0.2) is 24.3 Å². The molecule has 0 heterocycles. The topological polar surface area (TPSA) is 63.3 Å². The second-order valence-electron chi connectivity index (χ2n) is 3.32. The van der Waals surface area contributed by atoms with E-state index >= 15 is 0 Å². The Kier molecular flexibility index (Phi) is 4.83. The number of aliphatic carboxylic acids is 1. The molecule has 0 unspecified atom stereocenters. The van der Waals surface area contributed by atoms with Crippen LogP contribution < -0.4 is 5.73 Å². The van der Waals surface area contributed by atoms with Crippen molar-refractivity contribution in [2.45, 2.75) is 18.9 Å². The lowest BCUT2D eigenvalue weighted by Gasteiger charge is -2.19. The van der Waals surface area contributed by atoms with Gasteiger partial charge in [-0.05, 0) is 12.5 Å². The molecule has 0 fully saturated rings. The largest absolute Gasteiger partial charge is 0.477 e. The lowest BCUT2D eigenvalue weighted by atomic mass is 10.0. The van der Waals surface area contributed by atoms with Crippen LogP contribution in [0.2, 0.25) is 0 Å². The molecule has 1 aromatic carbocycles. The Bertz CT molecular complexity index is 368. The molecule has 0 bridgehead atoms. The first kappa shape index (κ1) is 14.8. The molecule has 3 nitrogen and oxygen atoms in total. The average Bonchev–Trinajstić information content (AvgIpc) is 2.17. The minimum absolute atomic E-state index is 0. The highest BCUT2D eigenvalue weighted by atomic mass is 35.5. The van der Waals surface area contributed by atoms with Gasteiger partial charge in [-0.15, -0.1) is 12.4 Å². The monoisotopic (exact) mass is 251 g/mol. The molecule has 0 aliphatic carbocycles. The van der Waals surface area contributed by atoms with Crippen LogP contribution in [0.25, 0.3) is 0 Å². The predicted octanol–water partition coefficient (Wildman–Crippen LogP) is 2.14. The average molecular weight is 252 g/mol. The molecule has 1 atom stereocenters. The predicted molar refractivity (Wildman–Crippen MR) is 57.9 cm³/mol. The molecule has 0 saturated carbocycles. The second kappa shape index (κ2) is 5.23. The van der Waals surface area contributed by atoms with Gasteiger partial charge in [-0.3, -0.25) is 0 Å². The molecule has 0 spiro atoms. The van der Waals surface area contributed by atoms with Crippen LogP contribution in [0.1, 0.15) is 17.2 Å². The van der Waals surface area contributed by atoms with E-state index in [1.54, 1.807) is 19.1 Å². The highest BCUT2D eigenvalue weighted by molar-refractivity contribution is 5.85. The molecule has 0 aliphatic rings. The first-order valence-corrected chi connectivity index (χ1v) is 4.29. The summed E-state index contributed by atoms with van der Waals surface area (Å²) in [5.74, 6) is -6.16. The Hall–Kier alpha value is -1.20. The summed E-state index contributed by atoms with van der Waals surface area (Å²) in [5.41, 5.74) is 6.19. The second-order valence-corrected chi connectivity index (χ2v) is 3.32. The van der Waals surface area contributed by atoms with Gasteiger partial charge in [0.1, 0.15) is 6.04 Å². The van der Waals surface area contributed by atoms with Gasteiger partial charge in [-0.1, -0.05) is 29.8 Å². The van der Waals surface area contributed by atoms with Crippen molar-refractivity contribution in [3.8, 4) is 0 Å². The number of carboxylic acid groups (broad SMARTS) is 1. The number of aryl methyl sites for hydroxylation is 1. The van der Waals surface area contributed by atoms with Gasteiger partial charge in [0.05, 0.1) is 0 Å². The van der Waals surface area contributed by atoms with Gasteiger partial charge in [-0.2, -0.15) is 8.78 Å². The highest BCUT2D eigenvalue weighted by Crippen LogP contribution is 2.29. The molecule has 0 aliphatic heterocycles. The number of halogens is 3. The van der Waals surface area contributed by atoms with Crippen LogP contribution in [0, 0.1) is 6.92 Å². The molecule has 16 heavy (non-hydrogen) atoms. The number of carboxylic acids is 1. The Morgan fingerprint density at radius 2 is 1.81 bits per heavy atom. The van der Waals surface area contributed by atoms with Gasteiger partial charge in [0.2, 0.25) is 0 Å². The molecule has 0 saturated heterocycles. The van der Waals surface area contributed by atoms with Gasteiger partial charge in [0, 0.05) is 0 Å². The number of nitrogens with two attached hydrogens (primary N) is 1. The van der Waals surface area contributed by atoms with Crippen LogP contribution >= 0.6 is 12.4 Å².